The van der Waals surface area contributed by atoms with Gasteiger partial charge in [0.1, 0.15) is 5.75 Å². The molecule has 1 unspecified atom stereocenters. The molecule has 1 saturated carbocycles. The zero-order valence-electron chi connectivity index (χ0n) is 17.6. The first-order chi connectivity index (χ1) is 15.1. The SMILES string of the molecule is CCOc1ccccc1N1CC(C(=O)Nc2ccc3c(c2)OC2(CCCC2)O3)CC1=O. The zero-order valence-corrected chi connectivity index (χ0v) is 17.6. The monoisotopic (exact) mass is 422 g/mol. The van der Waals surface area contributed by atoms with Gasteiger partial charge in [-0.3, -0.25) is 9.59 Å². The molecular formula is C24H26N2O5. The number of hydrogen-bond acceptors (Lipinski definition) is 5. The van der Waals surface area contributed by atoms with Crippen LogP contribution in [-0.4, -0.2) is 30.8 Å². The molecule has 0 bridgehead atoms. The van der Waals surface area contributed by atoms with Gasteiger partial charge in [0.25, 0.3) is 5.79 Å². The summed E-state index contributed by atoms with van der Waals surface area (Å²) < 4.78 is 17.8. The van der Waals surface area contributed by atoms with E-state index < -0.39 is 11.7 Å². The van der Waals surface area contributed by atoms with Gasteiger partial charge in [0, 0.05) is 37.6 Å². The van der Waals surface area contributed by atoms with E-state index in [1.807, 2.05) is 43.3 Å². The molecule has 0 radical (unpaired) electrons. The fourth-order valence-electron chi connectivity index (χ4n) is 4.61. The number of benzene rings is 2. The Bertz CT molecular complexity index is 1010. The van der Waals surface area contributed by atoms with Crippen LogP contribution in [0.2, 0.25) is 0 Å². The van der Waals surface area contributed by atoms with Gasteiger partial charge in [-0.2, -0.15) is 0 Å². The van der Waals surface area contributed by atoms with E-state index in [4.69, 9.17) is 14.2 Å². The van der Waals surface area contributed by atoms with Crippen LogP contribution in [-0.2, 0) is 9.59 Å². The van der Waals surface area contributed by atoms with Crippen molar-refractivity contribution in [3.8, 4) is 17.2 Å². The molecule has 7 heteroatoms. The second kappa shape index (κ2) is 7.80. The third-order valence-electron chi connectivity index (χ3n) is 6.12. The number of amides is 2. The van der Waals surface area contributed by atoms with Gasteiger partial charge in [0.2, 0.25) is 11.8 Å². The average molecular weight is 422 g/mol. The van der Waals surface area contributed by atoms with Crippen LogP contribution in [0.5, 0.6) is 17.2 Å². The van der Waals surface area contributed by atoms with E-state index in [0.717, 1.165) is 31.4 Å². The van der Waals surface area contributed by atoms with Crippen LogP contribution in [0.25, 0.3) is 0 Å². The van der Waals surface area contributed by atoms with E-state index in [2.05, 4.69) is 5.32 Å². The predicted molar refractivity (Wildman–Crippen MR) is 116 cm³/mol. The molecule has 1 N–H and O–H groups in total. The van der Waals surface area contributed by atoms with Crippen LogP contribution >= 0.6 is 0 Å². The smallest absolute Gasteiger partial charge is 0.251 e. The van der Waals surface area contributed by atoms with Crippen LogP contribution in [0, 0.1) is 5.92 Å². The Morgan fingerprint density at radius 1 is 1.16 bits per heavy atom. The summed E-state index contributed by atoms with van der Waals surface area (Å²) in [7, 11) is 0. The summed E-state index contributed by atoms with van der Waals surface area (Å²) in [4.78, 5) is 27.2. The summed E-state index contributed by atoms with van der Waals surface area (Å²) in [5, 5.41) is 2.94. The maximum atomic E-state index is 12.9. The van der Waals surface area contributed by atoms with Crippen molar-refractivity contribution in [1.82, 2.24) is 0 Å². The molecule has 2 aromatic carbocycles. The van der Waals surface area contributed by atoms with Crippen molar-refractivity contribution in [2.75, 3.05) is 23.4 Å². The van der Waals surface area contributed by atoms with Crippen LogP contribution in [0.1, 0.15) is 39.0 Å². The molecule has 1 aliphatic carbocycles. The number of nitrogens with one attached hydrogen (secondary N) is 1. The first kappa shape index (κ1) is 19.7. The van der Waals surface area contributed by atoms with Crippen molar-refractivity contribution in [3.05, 3.63) is 42.5 Å². The van der Waals surface area contributed by atoms with E-state index in [9.17, 15) is 9.59 Å². The first-order valence-electron chi connectivity index (χ1n) is 10.9. The van der Waals surface area contributed by atoms with E-state index in [0.29, 0.717) is 36.0 Å². The quantitative estimate of drug-likeness (QED) is 0.784. The van der Waals surface area contributed by atoms with Gasteiger partial charge in [-0.15, -0.1) is 0 Å². The van der Waals surface area contributed by atoms with Gasteiger partial charge in [0.15, 0.2) is 11.5 Å². The Hall–Kier alpha value is -3.22. The molecule has 2 aromatic rings. The maximum absolute atomic E-state index is 12.9. The lowest BCUT2D eigenvalue weighted by atomic mass is 10.1. The first-order valence-corrected chi connectivity index (χ1v) is 10.9. The minimum atomic E-state index is -0.530. The number of hydrogen-bond donors (Lipinski definition) is 1. The number of carbonyl (C=O) groups excluding carboxylic acids is 2. The number of nitrogens with zero attached hydrogens (tertiary/aromatic N) is 1. The normalized spacial score (nSPS) is 21.0. The van der Waals surface area contributed by atoms with Crippen LogP contribution < -0.4 is 24.4 Å². The summed E-state index contributed by atoms with van der Waals surface area (Å²) in [6.07, 6.45) is 4.12. The molecule has 1 saturated heterocycles. The second-order valence-corrected chi connectivity index (χ2v) is 8.28. The lowest BCUT2D eigenvalue weighted by Gasteiger charge is -2.21. The molecule has 31 heavy (non-hydrogen) atoms. The molecule has 1 spiro atoms. The van der Waals surface area contributed by atoms with Gasteiger partial charge in [0.05, 0.1) is 18.2 Å². The Morgan fingerprint density at radius 3 is 2.74 bits per heavy atom. The lowest BCUT2D eigenvalue weighted by Crippen LogP contribution is -2.34. The summed E-state index contributed by atoms with van der Waals surface area (Å²) in [6, 6.07) is 12.9. The fraction of sp³-hybridized carbons (Fsp3) is 0.417. The lowest BCUT2D eigenvalue weighted by molar-refractivity contribution is -0.122. The largest absolute Gasteiger partial charge is 0.492 e. The van der Waals surface area contributed by atoms with Crippen LogP contribution in [0.4, 0.5) is 11.4 Å². The highest BCUT2D eigenvalue weighted by atomic mass is 16.7. The van der Waals surface area contributed by atoms with E-state index in [1.54, 1.807) is 11.0 Å². The Kier molecular flexibility index (Phi) is 4.96. The molecule has 5 rings (SSSR count). The Morgan fingerprint density at radius 2 is 1.94 bits per heavy atom. The fourth-order valence-corrected chi connectivity index (χ4v) is 4.61. The van der Waals surface area contributed by atoms with E-state index in [-0.39, 0.29) is 18.2 Å². The van der Waals surface area contributed by atoms with Crippen molar-refractivity contribution in [1.29, 1.82) is 0 Å². The number of rotatable bonds is 5. The number of carbonyl (C=O) groups is 2. The highest BCUT2D eigenvalue weighted by molar-refractivity contribution is 6.04. The third-order valence-corrected chi connectivity index (χ3v) is 6.12. The standard InChI is InChI=1S/C24H26N2O5/c1-2-29-19-8-4-3-7-18(19)26-15-16(13-22(26)27)23(28)25-17-9-10-20-21(14-17)31-24(30-20)11-5-6-12-24/h3-4,7-10,14,16H,2,5-6,11-13,15H2,1H3,(H,25,28). The van der Waals surface area contributed by atoms with Crippen molar-refractivity contribution in [3.63, 3.8) is 0 Å². The Balaban J connectivity index is 1.27. The van der Waals surface area contributed by atoms with Crippen molar-refractivity contribution >= 4 is 23.2 Å². The van der Waals surface area contributed by atoms with Gasteiger partial charge in [-0.1, -0.05) is 12.1 Å². The summed E-state index contributed by atoms with van der Waals surface area (Å²) >= 11 is 0. The molecule has 2 amide bonds. The minimum Gasteiger partial charge on any atom is -0.492 e. The molecular weight excluding hydrogens is 396 g/mol. The Labute approximate surface area is 181 Å². The predicted octanol–water partition coefficient (Wildman–Crippen LogP) is 4.12. The van der Waals surface area contributed by atoms with Crippen molar-refractivity contribution in [2.45, 2.75) is 44.8 Å². The average Bonchev–Trinajstić information content (AvgIpc) is 3.47. The molecule has 0 aromatic heterocycles. The molecule has 2 aliphatic heterocycles. The van der Waals surface area contributed by atoms with Crippen molar-refractivity contribution in [2.24, 2.45) is 5.92 Å². The summed E-state index contributed by atoms with van der Waals surface area (Å²) in [5.41, 5.74) is 1.35. The maximum Gasteiger partial charge on any atom is 0.251 e. The highest BCUT2D eigenvalue weighted by Crippen LogP contribution is 2.47. The van der Waals surface area contributed by atoms with Crippen molar-refractivity contribution < 1.29 is 23.8 Å². The topological polar surface area (TPSA) is 77.1 Å². The minimum absolute atomic E-state index is 0.0823. The van der Waals surface area contributed by atoms with Crippen LogP contribution in [0.3, 0.4) is 0 Å². The number of ether oxygens (including phenoxy) is 3. The van der Waals surface area contributed by atoms with Gasteiger partial charge >= 0.3 is 0 Å². The molecule has 2 heterocycles. The summed E-state index contributed by atoms with van der Waals surface area (Å²) in [6.45, 7) is 2.73. The molecule has 162 valence electrons. The summed E-state index contributed by atoms with van der Waals surface area (Å²) in [5.74, 6) is 0.798. The van der Waals surface area contributed by atoms with E-state index >= 15 is 0 Å². The van der Waals surface area contributed by atoms with Gasteiger partial charge in [-0.05, 0) is 44.0 Å². The zero-order chi connectivity index (χ0) is 21.4. The highest BCUT2D eigenvalue weighted by Gasteiger charge is 2.44. The van der Waals surface area contributed by atoms with Gasteiger partial charge in [-0.25, -0.2) is 0 Å². The third kappa shape index (κ3) is 3.69. The second-order valence-electron chi connectivity index (χ2n) is 8.28. The number of para-hydroxylation sites is 2. The number of fused-ring (bicyclic) bond motifs is 1. The molecule has 7 nitrogen and oxygen atoms in total. The molecule has 1 atom stereocenters. The number of anilines is 2. The molecule has 3 aliphatic rings. The van der Waals surface area contributed by atoms with Gasteiger partial charge < -0.3 is 24.4 Å². The van der Waals surface area contributed by atoms with Crippen LogP contribution in [0.15, 0.2) is 42.5 Å². The van der Waals surface area contributed by atoms with E-state index in [1.165, 1.54) is 0 Å². The molecule has 2 fully saturated rings.